The highest BCUT2D eigenvalue weighted by molar-refractivity contribution is 7.18. The number of carbonyl (C=O) groups excluding carboxylic acids is 1. The average molecular weight is 398 g/mol. The summed E-state index contributed by atoms with van der Waals surface area (Å²) in [6.07, 6.45) is 2.51. The van der Waals surface area contributed by atoms with E-state index < -0.39 is 0 Å². The molecular formula is C22H27N3O2S. The molecule has 2 heterocycles. The van der Waals surface area contributed by atoms with Crippen LogP contribution in [0.2, 0.25) is 0 Å². The largest absolute Gasteiger partial charge is 0.348 e. The quantitative estimate of drug-likeness (QED) is 0.680. The Morgan fingerprint density at radius 1 is 1.18 bits per heavy atom. The van der Waals surface area contributed by atoms with Crippen LogP contribution >= 0.6 is 11.3 Å². The first-order chi connectivity index (χ1) is 13.3. The maximum Gasteiger partial charge on any atom is 0.262 e. The van der Waals surface area contributed by atoms with E-state index >= 15 is 0 Å². The SMILES string of the molecule is Cc1sc2ncn(CC(=O)N[C@H](C)c3ccc(CC(C)C)cc3)c(=O)c2c1C. The molecule has 28 heavy (non-hydrogen) atoms. The third-order valence-electron chi connectivity index (χ3n) is 4.97. The maximum atomic E-state index is 12.7. The fourth-order valence-electron chi connectivity index (χ4n) is 3.32. The van der Waals surface area contributed by atoms with Crippen molar-refractivity contribution in [3.8, 4) is 0 Å². The second kappa shape index (κ2) is 8.27. The summed E-state index contributed by atoms with van der Waals surface area (Å²) in [5.74, 6) is 0.412. The molecule has 1 aromatic carbocycles. The molecule has 0 radical (unpaired) electrons. The summed E-state index contributed by atoms with van der Waals surface area (Å²) in [4.78, 5) is 31.4. The normalized spacial score (nSPS) is 12.5. The smallest absolute Gasteiger partial charge is 0.262 e. The zero-order chi connectivity index (χ0) is 20.4. The van der Waals surface area contributed by atoms with Gasteiger partial charge in [0.25, 0.3) is 5.56 Å². The first-order valence-electron chi connectivity index (χ1n) is 9.59. The summed E-state index contributed by atoms with van der Waals surface area (Å²) >= 11 is 1.51. The molecule has 0 unspecified atom stereocenters. The molecule has 0 spiro atoms. The molecule has 1 N–H and O–H groups in total. The van der Waals surface area contributed by atoms with Crippen LogP contribution in [0.15, 0.2) is 35.4 Å². The van der Waals surface area contributed by atoms with Gasteiger partial charge in [-0.2, -0.15) is 0 Å². The zero-order valence-electron chi connectivity index (χ0n) is 17.1. The number of amides is 1. The van der Waals surface area contributed by atoms with Crippen molar-refractivity contribution < 1.29 is 4.79 Å². The van der Waals surface area contributed by atoms with Crippen molar-refractivity contribution in [3.05, 3.63) is 62.5 Å². The molecule has 0 aliphatic rings. The fraction of sp³-hybridized carbons (Fsp3) is 0.409. The Kier molecular flexibility index (Phi) is 5.98. The summed E-state index contributed by atoms with van der Waals surface area (Å²) in [5, 5.41) is 3.59. The van der Waals surface area contributed by atoms with Crippen LogP contribution in [0.5, 0.6) is 0 Å². The van der Waals surface area contributed by atoms with Crippen molar-refractivity contribution in [1.82, 2.24) is 14.9 Å². The first-order valence-corrected chi connectivity index (χ1v) is 10.4. The van der Waals surface area contributed by atoms with Crippen LogP contribution < -0.4 is 10.9 Å². The van der Waals surface area contributed by atoms with Gasteiger partial charge >= 0.3 is 0 Å². The lowest BCUT2D eigenvalue weighted by molar-refractivity contribution is -0.122. The lowest BCUT2D eigenvalue weighted by Gasteiger charge is -2.16. The summed E-state index contributed by atoms with van der Waals surface area (Å²) in [6.45, 7) is 10.2. The van der Waals surface area contributed by atoms with E-state index in [9.17, 15) is 9.59 Å². The molecular weight excluding hydrogens is 370 g/mol. The van der Waals surface area contributed by atoms with Crippen LogP contribution in [0.3, 0.4) is 0 Å². The number of aromatic nitrogens is 2. The van der Waals surface area contributed by atoms with Gasteiger partial charge in [-0.25, -0.2) is 4.98 Å². The Bertz CT molecular complexity index is 1050. The van der Waals surface area contributed by atoms with Gasteiger partial charge in [-0.3, -0.25) is 14.2 Å². The van der Waals surface area contributed by atoms with E-state index in [2.05, 4.69) is 48.4 Å². The number of rotatable bonds is 6. The van der Waals surface area contributed by atoms with Crippen LogP contribution in [0.4, 0.5) is 0 Å². The third-order valence-corrected chi connectivity index (χ3v) is 6.09. The summed E-state index contributed by atoms with van der Waals surface area (Å²) in [5.41, 5.74) is 3.13. The number of fused-ring (bicyclic) bond motifs is 1. The highest BCUT2D eigenvalue weighted by atomic mass is 32.1. The Balaban J connectivity index is 1.70. The van der Waals surface area contributed by atoms with Crippen LogP contribution in [0, 0.1) is 19.8 Å². The van der Waals surface area contributed by atoms with E-state index in [1.165, 1.54) is 27.8 Å². The predicted molar refractivity (Wildman–Crippen MR) is 115 cm³/mol. The minimum Gasteiger partial charge on any atom is -0.348 e. The molecule has 5 nitrogen and oxygen atoms in total. The molecule has 0 saturated heterocycles. The van der Waals surface area contributed by atoms with Gasteiger partial charge in [-0.05, 0) is 49.8 Å². The maximum absolute atomic E-state index is 12.7. The monoisotopic (exact) mass is 397 g/mol. The van der Waals surface area contributed by atoms with E-state index in [1.807, 2.05) is 20.8 Å². The Labute approximate surface area is 169 Å². The molecule has 1 atom stereocenters. The summed E-state index contributed by atoms with van der Waals surface area (Å²) in [7, 11) is 0. The lowest BCUT2D eigenvalue weighted by atomic mass is 10.00. The van der Waals surface area contributed by atoms with Crippen molar-refractivity contribution in [2.45, 2.75) is 53.6 Å². The number of benzene rings is 1. The second-order valence-corrected chi connectivity index (χ2v) is 8.97. The Morgan fingerprint density at radius 3 is 2.50 bits per heavy atom. The van der Waals surface area contributed by atoms with Crippen molar-refractivity contribution >= 4 is 27.5 Å². The predicted octanol–water partition coefficient (Wildman–Crippen LogP) is 4.15. The van der Waals surface area contributed by atoms with Gasteiger partial charge < -0.3 is 5.32 Å². The molecule has 3 rings (SSSR count). The lowest BCUT2D eigenvalue weighted by Crippen LogP contribution is -2.34. The van der Waals surface area contributed by atoms with E-state index in [0.717, 1.165) is 27.3 Å². The molecule has 3 aromatic rings. The van der Waals surface area contributed by atoms with Crippen molar-refractivity contribution in [2.75, 3.05) is 0 Å². The zero-order valence-corrected chi connectivity index (χ0v) is 17.9. The van der Waals surface area contributed by atoms with Gasteiger partial charge in [0, 0.05) is 4.88 Å². The van der Waals surface area contributed by atoms with Crippen LogP contribution in [-0.2, 0) is 17.8 Å². The van der Waals surface area contributed by atoms with Gasteiger partial charge in [-0.15, -0.1) is 11.3 Å². The average Bonchev–Trinajstić information content (AvgIpc) is 2.92. The summed E-state index contributed by atoms with van der Waals surface area (Å²) in [6, 6.07) is 8.21. The number of hydrogen-bond acceptors (Lipinski definition) is 4. The standard InChI is InChI=1S/C22H27N3O2S/c1-13(2)10-17-6-8-18(9-7-17)15(4)24-19(26)11-25-12-23-21-20(22(25)27)14(3)16(5)28-21/h6-9,12-13,15H,10-11H2,1-5H3,(H,24,26)/t15-/m1/s1. The highest BCUT2D eigenvalue weighted by Crippen LogP contribution is 2.25. The van der Waals surface area contributed by atoms with E-state index in [4.69, 9.17) is 0 Å². The minimum atomic E-state index is -0.202. The van der Waals surface area contributed by atoms with Crippen molar-refractivity contribution in [2.24, 2.45) is 5.92 Å². The molecule has 0 saturated carbocycles. The molecule has 0 aliphatic carbocycles. The van der Waals surface area contributed by atoms with Crippen LogP contribution in [0.1, 0.15) is 48.4 Å². The van der Waals surface area contributed by atoms with Crippen molar-refractivity contribution in [3.63, 3.8) is 0 Å². The number of nitrogens with zero attached hydrogens (tertiary/aromatic N) is 2. The van der Waals surface area contributed by atoms with Gasteiger partial charge in [-0.1, -0.05) is 38.1 Å². The first kappa shape index (κ1) is 20.3. The number of thiophene rings is 1. The fourth-order valence-corrected chi connectivity index (χ4v) is 4.31. The molecule has 6 heteroatoms. The number of nitrogens with one attached hydrogen (secondary N) is 1. The molecule has 0 bridgehead atoms. The summed E-state index contributed by atoms with van der Waals surface area (Å²) < 4.78 is 1.38. The molecule has 2 aromatic heterocycles. The molecule has 0 aliphatic heterocycles. The second-order valence-electron chi connectivity index (χ2n) is 7.77. The Hall–Kier alpha value is -2.47. The van der Waals surface area contributed by atoms with E-state index in [0.29, 0.717) is 11.3 Å². The molecule has 148 valence electrons. The molecule has 0 fully saturated rings. The number of aryl methyl sites for hydroxylation is 2. The Morgan fingerprint density at radius 2 is 1.86 bits per heavy atom. The minimum absolute atomic E-state index is 0.0358. The van der Waals surface area contributed by atoms with Crippen molar-refractivity contribution in [1.29, 1.82) is 0 Å². The van der Waals surface area contributed by atoms with Crippen LogP contribution in [-0.4, -0.2) is 15.5 Å². The van der Waals surface area contributed by atoms with Gasteiger partial charge in [0.1, 0.15) is 11.4 Å². The van der Waals surface area contributed by atoms with E-state index in [-0.39, 0.29) is 24.1 Å². The third kappa shape index (κ3) is 4.33. The number of carbonyl (C=O) groups is 1. The van der Waals surface area contributed by atoms with Gasteiger partial charge in [0.15, 0.2) is 0 Å². The van der Waals surface area contributed by atoms with Gasteiger partial charge in [0.2, 0.25) is 5.91 Å². The van der Waals surface area contributed by atoms with Crippen LogP contribution in [0.25, 0.3) is 10.2 Å². The topological polar surface area (TPSA) is 64.0 Å². The highest BCUT2D eigenvalue weighted by Gasteiger charge is 2.15. The molecule has 1 amide bonds. The van der Waals surface area contributed by atoms with E-state index in [1.54, 1.807) is 0 Å². The van der Waals surface area contributed by atoms with Gasteiger partial charge in [0.05, 0.1) is 17.8 Å². The number of hydrogen-bond donors (Lipinski definition) is 1.